The van der Waals surface area contributed by atoms with Crippen LogP contribution in [0.1, 0.15) is 18.9 Å². The van der Waals surface area contributed by atoms with Gasteiger partial charge in [-0.1, -0.05) is 0 Å². The van der Waals surface area contributed by atoms with Crippen molar-refractivity contribution in [3.05, 3.63) is 34.1 Å². The van der Waals surface area contributed by atoms with Gasteiger partial charge in [0.05, 0.1) is 12.2 Å². The first-order chi connectivity index (χ1) is 14.0. The Kier molecular flexibility index (Phi) is 5.72. The molecule has 1 saturated heterocycles. The van der Waals surface area contributed by atoms with Gasteiger partial charge in [0.15, 0.2) is 0 Å². The first-order valence-electron chi connectivity index (χ1n) is 8.82. The fourth-order valence-corrected chi connectivity index (χ4v) is 3.50. The van der Waals surface area contributed by atoms with Crippen LogP contribution in [0.3, 0.4) is 0 Å². The van der Waals surface area contributed by atoms with E-state index in [2.05, 4.69) is 14.8 Å². The number of hydrogen-bond acceptors (Lipinski definition) is 5. The molecule has 0 bridgehead atoms. The molecule has 0 unspecified atom stereocenters. The lowest BCUT2D eigenvalue weighted by Gasteiger charge is -2.37. The van der Waals surface area contributed by atoms with E-state index in [1.54, 1.807) is 0 Å². The van der Waals surface area contributed by atoms with Crippen molar-refractivity contribution in [2.75, 3.05) is 18.4 Å². The minimum absolute atomic E-state index is 0.0192. The molecule has 2 aromatic rings. The topological polar surface area (TPSA) is 111 Å². The Morgan fingerprint density at radius 1 is 1.43 bits per heavy atom. The number of alkyl halides is 4. The molecule has 1 aromatic carbocycles. The maximum absolute atomic E-state index is 14.5. The average molecular weight is 436 g/mol. The van der Waals surface area contributed by atoms with E-state index in [0.717, 1.165) is 11.0 Å². The highest BCUT2D eigenvalue weighted by molar-refractivity contribution is 5.66. The summed E-state index contributed by atoms with van der Waals surface area (Å²) in [5, 5.41) is 16.8. The zero-order chi connectivity index (χ0) is 22.2. The average Bonchev–Trinajstić information content (AvgIpc) is 3.06. The molecule has 1 amide bonds. The minimum atomic E-state index is -5.06. The van der Waals surface area contributed by atoms with Crippen molar-refractivity contribution in [3.8, 4) is 11.5 Å². The number of anilines is 1. The molecule has 1 aliphatic rings. The first kappa shape index (κ1) is 21.6. The van der Waals surface area contributed by atoms with Crippen LogP contribution in [0.5, 0.6) is 0 Å². The molecule has 0 radical (unpaired) electrons. The molecule has 3 rings (SSSR count). The third-order valence-electron chi connectivity index (χ3n) is 4.95. The van der Waals surface area contributed by atoms with Gasteiger partial charge in [-0.2, -0.15) is 13.2 Å². The quantitative estimate of drug-likeness (QED) is 0.634. The normalized spacial score (nSPS) is 20.8. The van der Waals surface area contributed by atoms with Crippen LogP contribution in [0.15, 0.2) is 21.3 Å². The summed E-state index contributed by atoms with van der Waals surface area (Å²) in [5.41, 5.74) is -2.50. The van der Waals surface area contributed by atoms with Gasteiger partial charge in [0.2, 0.25) is 5.89 Å². The van der Waals surface area contributed by atoms with Gasteiger partial charge in [0, 0.05) is 24.1 Å². The molecule has 30 heavy (non-hydrogen) atoms. The highest BCUT2D eigenvalue weighted by atomic mass is 19.4. The van der Waals surface area contributed by atoms with Crippen LogP contribution >= 0.6 is 0 Å². The van der Waals surface area contributed by atoms with Gasteiger partial charge in [-0.05, 0) is 25.5 Å². The van der Waals surface area contributed by atoms with Crippen molar-refractivity contribution < 1.29 is 36.3 Å². The van der Waals surface area contributed by atoms with Crippen molar-refractivity contribution in [3.63, 3.8) is 0 Å². The second-order valence-electron chi connectivity index (χ2n) is 6.93. The van der Waals surface area contributed by atoms with E-state index in [9.17, 15) is 31.5 Å². The molecule has 0 aliphatic carbocycles. The van der Waals surface area contributed by atoms with Crippen molar-refractivity contribution in [2.24, 2.45) is 5.92 Å². The third kappa shape index (κ3) is 4.39. The molecule has 1 aliphatic heterocycles. The summed E-state index contributed by atoms with van der Waals surface area (Å²) in [6.45, 7) is 1.03. The highest BCUT2D eigenvalue weighted by Gasteiger charge is 2.40. The maximum Gasteiger partial charge on any atom is 0.434 e. The Balaban J connectivity index is 1.92. The number of nitrogens with one attached hydrogen (secondary N) is 2. The van der Waals surface area contributed by atoms with Gasteiger partial charge in [-0.15, -0.1) is 5.10 Å². The molecule has 164 valence electrons. The van der Waals surface area contributed by atoms with E-state index in [1.807, 2.05) is 5.10 Å². The zero-order valence-corrected chi connectivity index (χ0v) is 15.5. The molecule has 3 N–H and O–H groups in total. The first-order valence-corrected chi connectivity index (χ1v) is 8.82. The molecule has 1 fully saturated rings. The van der Waals surface area contributed by atoms with Crippen LogP contribution in [0.2, 0.25) is 0 Å². The van der Waals surface area contributed by atoms with Crippen LogP contribution in [-0.2, 0) is 6.18 Å². The number of amides is 1. The third-order valence-corrected chi connectivity index (χ3v) is 4.95. The van der Waals surface area contributed by atoms with Gasteiger partial charge in [0.25, 0.3) is 0 Å². The number of halogens is 5. The van der Waals surface area contributed by atoms with E-state index in [-0.39, 0.29) is 18.5 Å². The van der Waals surface area contributed by atoms with Gasteiger partial charge in [-0.25, -0.2) is 23.5 Å². The fraction of sp³-hybridized carbons (Fsp3) is 0.471. The lowest BCUT2D eigenvalue weighted by Crippen LogP contribution is -2.48. The van der Waals surface area contributed by atoms with E-state index < -0.39 is 65.7 Å². The number of nitrogens with zero attached hydrogens (tertiary/aromatic N) is 2. The summed E-state index contributed by atoms with van der Waals surface area (Å²) in [6.07, 6.45) is -7.89. The lowest BCUT2D eigenvalue weighted by molar-refractivity contribution is -0.139. The Bertz CT molecular complexity index is 989. The van der Waals surface area contributed by atoms with Crippen LogP contribution in [0.4, 0.5) is 32.4 Å². The number of piperidine rings is 1. The molecule has 8 nitrogen and oxygen atoms in total. The molecule has 3 atom stereocenters. The highest BCUT2D eigenvalue weighted by Crippen LogP contribution is 2.40. The van der Waals surface area contributed by atoms with E-state index in [1.165, 1.54) is 6.92 Å². The molecular weight excluding hydrogens is 419 g/mol. The Labute approximate surface area is 165 Å². The number of benzene rings is 1. The predicted octanol–water partition coefficient (Wildman–Crippen LogP) is 3.33. The second kappa shape index (κ2) is 7.95. The van der Waals surface area contributed by atoms with Crippen molar-refractivity contribution in [1.82, 2.24) is 15.1 Å². The monoisotopic (exact) mass is 436 g/mol. The number of carboxylic acid groups (broad SMARTS) is 1. The van der Waals surface area contributed by atoms with Gasteiger partial charge in [-0.3, -0.25) is 0 Å². The van der Waals surface area contributed by atoms with E-state index in [0.29, 0.717) is 6.07 Å². The molecule has 2 heterocycles. The Morgan fingerprint density at radius 2 is 2.13 bits per heavy atom. The van der Waals surface area contributed by atoms with Crippen LogP contribution in [-0.4, -0.2) is 51.6 Å². The number of aromatic amines is 1. The van der Waals surface area contributed by atoms with Crippen molar-refractivity contribution >= 4 is 11.8 Å². The predicted molar refractivity (Wildman–Crippen MR) is 93.2 cm³/mol. The molecule has 13 heteroatoms. The fourth-order valence-electron chi connectivity index (χ4n) is 3.50. The van der Waals surface area contributed by atoms with E-state index >= 15 is 0 Å². The Hall–Kier alpha value is -3.12. The van der Waals surface area contributed by atoms with Crippen molar-refractivity contribution in [1.29, 1.82) is 0 Å². The Morgan fingerprint density at radius 3 is 2.67 bits per heavy atom. The van der Waals surface area contributed by atoms with E-state index in [4.69, 9.17) is 5.11 Å². The number of rotatable bonds is 4. The smallest absolute Gasteiger partial charge is 0.434 e. The van der Waals surface area contributed by atoms with Crippen molar-refractivity contribution in [2.45, 2.75) is 31.7 Å². The summed E-state index contributed by atoms with van der Waals surface area (Å²) < 4.78 is 73.8. The largest absolute Gasteiger partial charge is 0.465 e. The molecular formula is C17H17F5N4O4. The summed E-state index contributed by atoms with van der Waals surface area (Å²) in [5.74, 6) is -3.82. The molecule has 1 aromatic heterocycles. The van der Waals surface area contributed by atoms with Crippen LogP contribution in [0, 0.1) is 11.7 Å². The summed E-state index contributed by atoms with van der Waals surface area (Å²) in [7, 11) is 0. The summed E-state index contributed by atoms with van der Waals surface area (Å²) >= 11 is 0. The number of aromatic nitrogens is 2. The maximum atomic E-state index is 14.5. The number of hydrogen-bond donors (Lipinski definition) is 3. The molecule has 0 saturated carbocycles. The van der Waals surface area contributed by atoms with Crippen LogP contribution < -0.4 is 11.1 Å². The van der Waals surface area contributed by atoms with Crippen LogP contribution in [0.25, 0.3) is 11.5 Å². The minimum Gasteiger partial charge on any atom is -0.465 e. The number of H-pyrrole nitrogens is 1. The second-order valence-corrected chi connectivity index (χ2v) is 6.93. The van der Waals surface area contributed by atoms with Gasteiger partial charge in [0.1, 0.15) is 17.6 Å². The summed E-state index contributed by atoms with van der Waals surface area (Å²) in [6, 6.07) is 0.542. The number of likely N-dealkylation sites (tertiary alicyclic amines) is 1. The lowest BCUT2D eigenvalue weighted by atomic mass is 9.88. The standard InChI is InChI=1S/C17H17F5N4O4/c1-7(9-2-3-26(16(28)29)6-11(9)19)23-12-5-8(14-24-25-15(27)30-14)4-10(18)13(12)17(20,21)22/h4-5,7,9,11,23H,2-3,6H2,1H3,(H,25,27)(H,28,29)/t7-,9+,11+/m0/s1. The zero-order valence-electron chi connectivity index (χ0n) is 15.5. The number of carbonyl (C=O) groups is 1. The molecule has 0 spiro atoms. The van der Waals surface area contributed by atoms with Gasteiger partial charge >= 0.3 is 18.0 Å². The van der Waals surface area contributed by atoms with Gasteiger partial charge < -0.3 is 19.7 Å². The summed E-state index contributed by atoms with van der Waals surface area (Å²) in [4.78, 5) is 22.9. The SMILES string of the molecule is C[C@H](Nc1cc(-c2n[nH]c(=O)o2)cc(F)c1C(F)(F)F)[C@H]1CCN(C(=O)O)C[C@H]1F.